The summed E-state index contributed by atoms with van der Waals surface area (Å²) in [6.45, 7) is 0. The van der Waals surface area contributed by atoms with Gasteiger partial charge in [-0.2, -0.15) is 5.10 Å². The molecule has 1 aromatic heterocycles. The predicted molar refractivity (Wildman–Crippen MR) is 82.4 cm³/mol. The molecule has 4 rings (SSSR count). The lowest BCUT2D eigenvalue weighted by Crippen LogP contribution is -2.18. The molecule has 0 spiro atoms. The van der Waals surface area contributed by atoms with Crippen LogP contribution in [0.15, 0.2) is 59.8 Å². The lowest BCUT2D eigenvalue weighted by molar-refractivity contribution is 0.0957. The number of carbonyl (C=O) groups is 1. The van der Waals surface area contributed by atoms with Gasteiger partial charge in [-0.25, -0.2) is 5.43 Å². The van der Waals surface area contributed by atoms with Crippen LogP contribution in [-0.4, -0.2) is 16.6 Å². The van der Waals surface area contributed by atoms with Crippen molar-refractivity contribution in [2.75, 3.05) is 0 Å². The Bertz CT molecular complexity index is 862. The molecule has 2 aromatic carbocycles. The average Bonchev–Trinajstić information content (AvgIpc) is 2.90. The Morgan fingerprint density at radius 1 is 0.952 bits per heavy atom. The molecule has 2 N–H and O–H groups in total. The molecule has 102 valence electrons. The molecule has 3 aromatic rings. The van der Waals surface area contributed by atoms with Crippen LogP contribution in [-0.2, 0) is 6.42 Å². The van der Waals surface area contributed by atoms with Crippen LogP contribution in [0.5, 0.6) is 0 Å². The summed E-state index contributed by atoms with van der Waals surface area (Å²) in [4.78, 5) is 15.4. The van der Waals surface area contributed by atoms with Crippen molar-refractivity contribution < 1.29 is 4.79 Å². The van der Waals surface area contributed by atoms with E-state index < -0.39 is 0 Å². The van der Waals surface area contributed by atoms with Gasteiger partial charge >= 0.3 is 0 Å². The summed E-state index contributed by atoms with van der Waals surface area (Å²) in [7, 11) is 0. The summed E-state index contributed by atoms with van der Waals surface area (Å²) in [5, 5.41) is 5.26. The van der Waals surface area contributed by atoms with Gasteiger partial charge < -0.3 is 4.98 Å². The summed E-state index contributed by atoms with van der Waals surface area (Å²) >= 11 is 0. The monoisotopic (exact) mass is 275 g/mol. The smallest absolute Gasteiger partial charge is 0.272 e. The van der Waals surface area contributed by atoms with Gasteiger partial charge in [0.25, 0.3) is 5.91 Å². The molecule has 1 aliphatic rings. The summed E-state index contributed by atoms with van der Waals surface area (Å²) in [6.07, 6.45) is 2.61. The second kappa shape index (κ2) is 4.59. The van der Waals surface area contributed by atoms with Crippen molar-refractivity contribution in [2.45, 2.75) is 6.42 Å². The third-order valence-electron chi connectivity index (χ3n) is 3.77. The van der Waals surface area contributed by atoms with Gasteiger partial charge in [0.2, 0.25) is 0 Å². The van der Waals surface area contributed by atoms with Crippen molar-refractivity contribution in [2.24, 2.45) is 5.10 Å². The van der Waals surface area contributed by atoms with E-state index in [0.29, 0.717) is 12.0 Å². The fourth-order valence-electron chi connectivity index (χ4n) is 2.76. The Morgan fingerprint density at radius 2 is 1.81 bits per heavy atom. The van der Waals surface area contributed by atoms with Gasteiger partial charge in [0.05, 0.1) is 11.3 Å². The van der Waals surface area contributed by atoms with Gasteiger partial charge in [0, 0.05) is 29.1 Å². The van der Waals surface area contributed by atoms with Crippen molar-refractivity contribution in [3.63, 3.8) is 0 Å². The lowest BCUT2D eigenvalue weighted by Gasteiger charge is -2.04. The van der Waals surface area contributed by atoms with Crippen LogP contribution in [0.2, 0.25) is 0 Å². The van der Waals surface area contributed by atoms with E-state index in [9.17, 15) is 4.79 Å². The Balaban J connectivity index is 1.87. The van der Waals surface area contributed by atoms with Gasteiger partial charge in [0.15, 0.2) is 0 Å². The average molecular weight is 275 g/mol. The second-order valence-electron chi connectivity index (χ2n) is 5.09. The van der Waals surface area contributed by atoms with Crippen LogP contribution in [0.25, 0.3) is 10.9 Å². The van der Waals surface area contributed by atoms with Crippen LogP contribution in [0.3, 0.4) is 0 Å². The molecule has 2 heterocycles. The quantitative estimate of drug-likeness (QED) is 0.742. The summed E-state index contributed by atoms with van der Waals surface area (Å²) in [5.41, 5.74) is 7.29. The molecule has 0 aliphatic carbocycles. The third-order valence-corrected chi connectivity index (χ3v) is 3.77. The fraction of sp³-hybridized carbons (Fsp3) is 0.0588. The Kier molecular flexibility index (Phi) is 2.60. The molecule has 0 bridgehead atoms. The number of rotatable bonds is 2. The number of hydrogen-bond donors (Lipinski definition) is 2. The highest BCUT2D eigenvalue weighted by molar-refractivity contribution is 6.19. The van der Waals surface area contributed by atoms with Crippen LogP contribution < -0.4 is 5.43 Å². The zero-order valence-corrected chi connectivity index (χ0v) is 11.3. The molecule has 0 radical (unpaired) electrons. The molecule has 1 amide bonds. The maximum atomic E-state index is 12.2. The first kappa shape index (κ1) is 11.9. The van der Waals surface area contributed by atoms with Crippen LogP contribution >= 0.6 is 0 Å². The number of H-pyrrole nitrogens is 1. The van der Waals surface area contributed by atoms with E-state index in [-0.39, 0.29) is 5.91 Å². The molecule has 21 heavy (non-hydrogen) atoms. The summed E-state index contributed by atoms with van der Waals surface area (Å²) < 4.78 is 0. The molecule has 1 aliphatic heterocycles. The van der Waals surface area contributed by atoms with Gasteiger partial charge in [-0.05, 0) is 17.7 Å². The first-order valence-electron chi connectivity index (χ1n) is 6.84. The maximum Gasteiger partial charge on any atom is 0.272 e. The summed E-state index contributed by atoms with van der Waals surface area (Å²) in [6, 6.07) is 15.8. The minimum absolute atomic E-state index is 0.162. The molecule has 4 heteroatoms. The number of hydrazone groups is 1. The molecule has 0 atom stereocenters. The predicted octanol–water partition coefficient (Wildman–Crippen LogP) is 2.86. The third kappa shape index (κ3) is 1.92. The van der Waals surface area contributed by atoms with E-state index in [1.807, 2.05) is 42.6 Å². The van der Waals surface area contributed by atoms with Crippen LogP contribution in [0, 0.1) is 0 Å². The topological polar surface area (TPSA) is 57.2 Å². The van der Waals surface area contributed by atoms with Crippen molar-refractivity contribution >= 4 is 22.5 Å². The van der Waals surface area contributed by atoms with Crippen molar-refractivity contribution in [3.05, 3.63) is 71.4 Å². The number of nitrogens with zero attached hydrogens (tertiary/aromatic N) is 1. The number of aromatic amines is 1. The van der Waals surface area contributed by atoms with Crippen LogP contribution in [0.4, 0.5) is 0 Å². The maximum absolute atomic E-state index is 12.2. The van der Waals surface area contributed by atoms with E-state index in [4.69, 9.17) is 0 Å². The number of carbonyl (C=O) groups excluding carboxylic acids is 1. The van der Waals surface area contributed by atoms with Crippen LogP contribution in [0.1, 0.15) is 21.5 Å². The number of aromatic nitrogens is 1. The second-order valence-corrected chi connectivity index (χ2v) is 5.09. The number of benzene rings is 2. The van der Waals surface area contributed by atoms with E-state index >= 15 is 0 Å². The van der Waals surface area contributed by atoms with Crippen molar-refractivity contribution in [3.8, 4) is 0 Å². The highest BCUT2D eigenvalue weighted by Crippen LogP contribution is 2.26. The standard InChI is InChI=1S/C17H13N3O/c21-17-12-7-4-8-14-16(12)13(10-18-14)15(19-20-17)9-11-5-2-1-3-6-11/h1-8,10,18H,9H2,(H,20,21). The normalized spacial score (nSPS) is 13.7. The Hall–Kier alpha value is -2.88. The largest absolute Gasteiger partial charge is 0.360 e. The molecule has 0 saturated carbocycles. The molecule has 4 nitrogen and oxygen atoms in total. The number of amides is 1. The van der Waals surface area contributed by atoms with Gasteiger partial charge in [0.1, 0.15) is 0 Å². The lowest BCUT2D eigenvalue weighted by atomic mass is 9.99. The first-order chi connectivity index (χ1) is 10.3. The summed E-state index contributed by atoms with van der Waals surface area (Å²) in [5.74, 6) is -0.162. The van der Waals surface area contributed by atoms with Gasteiger partial charge in [-0.3, -0.25) is 4.79 Å². The molecule has 0 saturated heterocycles. The SMILES string of the molecule is O=C1NN=C(Cc2ccccc2)c2c[nH]c3cccc1c23. The highest BCUT2D eigenvalue weighted by Gasteiger charge is 2.21. The number of hydrogen-bond acceptors (Lipinski definition) is 2. The molecule has 0 fully saturated rings. The molecule has 0 unspecified atom stereocenters. The Morgan fingerprint density at radius 3 is 2.67 bits per heavy atom. The molecular weight excluding hydrogens is 262 g/mol. The van der Waals surface area contributed by atoms with Crippen molar-refractivity contribution in [1.82, 2.24) is 10.4 Å². The minimum Gasteiger partial charge on any atom is -0.360 e. The zero-order chi connectivity index (χ0) is 14.2. The first-order valence-corrected chi connectivity index (χ1v) is 6.84. The Labute approximate surface area is 121 Å². The zero-order valence-electron chi connectivity index (χ0n) is 11.3. The minimum atomic E-state index is -0.162. The molecular formula is C17H13N3O. The van der Waals surface area contributed by atoms with E-state index in [0.717, 1.165) is 22.2 Å². The van der Waals surface area contributed by atoms with Gasteiger partial charge in [-0.1, -0.05) is 36.4 Å². The number of nitrogens with one attached hydrogen (secondary N) is 2. The fourth-order valence-corrected chi connectivity index (χ4v) is 2.76. The van der Waals surface area contributed by atoms with E-state index in [1.54, 1.807) is 0 Å². The van der Waals surface area contributed by atoms with Crippen molar-refractivity contribution in [1.29, 1.82) is 0 Å². The van der Waals surface area contributed by atoms with E-state index in [2.05, 4.69) is 27.6 Å². The van der Waals surface area contributed by atoms with E-state index in [1.165, 1.54) is 5.56 Å². The highest BCUT2D eigenvalue weighted by atomic mass is 16.2. The van der Waals surface area contributed by atoms with Gasteiger partial charge in [-0.15, -0.1) is 0 Å².